The Balaban J connectivity index is 2.56. The van der Waals surface area contributed by atoms with Gasteiger partial charge >= 0.3 is 0 Å². The van der Waals surface area contributed by atoms with E-state index in [9.17, 15) is 4.39 Å². The Kier molecular flexibility index (Phi) is 4.87. The summed E-state index contributed by atoms with van der Waals surface area (Å²) in [6, 6.07) is 4.42. The zero-order chi connectivity index (χ0) is 12.7. The van der Waals surface area contributed by atoms with E-state index in [-0.39, 0.29) is 18.3 Å². The summed E-state index contributed by atoms with van der Waals surface area (Å²) in [5.41, 5.74) is 6.58. The molecule has 0 spiro atoms. The first kappa shape index (κ1) is 12.9. The van der Waals surface area contributed by atoms with Crippen LogP contribution in [0, 0.1) is 5.82 Å². The lowest BCUT2D eigenvalue weighted by Gasteiger charge is -2.06. The smallest absolute Gasteiger partial charge is 0.231 e. The van der Waals surface area contributed by atoms with Crippen molar-refractivity contribution in [1.29, 1.82) is 0 Å². The maximum Gasteiger partial charge on any atom is 0.231 e. The monoisotopic (exact) mass is 235 g/mol. The van der Waals surface area contributed by atoms with Gasteiger partial charge in [0.25, 0.3) is 0 Å². The van der Waals surface area contributed by atoms with Crippen LogP contribution in [-0.2, 0) is 11.2 Å². The predicted octanol–water partition coefficient (Wildman–Crippen LogP) is 2.17. The Morgan fingerprint density at radius 3 is 2.88 bits per heavy atom. The molecular weight excluding hydrogens is 221 g/mol. The summed E-state index contributed by atoms with van der Waals surface area (Å²) >= 11 is 0. The van der Waals surface area contributed by atoms with E-state index in [1.54, 1.807) is 6.07 Å². The first-order chi connectivity index (χ1) is 8.17. The normalized spacial score (nSPS) is 11.0. The average molecular weight is 235 g/mol. The summed E-state index contributed by atoms with van der Waals surface area (Å²) < 4.78 is 18.6. The molecule has 90 valence electrons. The third kappa shape index (κ3) is 4.06. The number of ether oxygens (including phenoxy) is 1. The quantitative estimate of drug-likeness (QED) is 0.466. The molecule has 0 aliphatic rings. The maximum atomic E-state index is 13.3. The first-order valence-electron chi connectivity index (χ1n) is 4.96. The van der Waals surface area contributed by atoms with E-state index in [0.29, 0.717) is 17.7 Å². The number of nitrogens with zero attached hydrogens (tertiary/aromatic N) is 2. The minimum atomic E-state index is -0.304. The molecule has 2 N–H and O–H groups in total. The number of hydrogen-bond donors (Lipinski definition) is 1. The second kappa shape index (κ2) is 6.42. The summed E-state index contributed by atoms with van der Waals surface area (Å²) in [4.78, 5) is 7.08. The third-order valence-corrected chi connectivity index (χ3v) is 2.05. The van der Waals surface area contributed by atoms with E-state index >= 15 is 0 Å². The van der Waals surface area contributed by atoms with Crippen molar-refractivity contribution in [1.82, 2.24) is 0 Å². The predicted molar refractivity (Wildman–Crippen MR) is 67.6 cm³/mol. The highest BCUT2D eigenvalue weighted by atomic mass is 19.1. The van der Waals surface area contributed by atoms with Gasteiger partial charge < -0.3 is 10.5 Å². The number of nitrogens with two attached hydrogens (primary N) is 1. The molecule has 0 bridgehead atoms. The number of halogens is 1. The second-order valence-electron chi connectivity index (χ2n) is 3.26. The van der Waals surface area contributed by atoms with Gasteiger partial charge in [-0.3, -0.25) is 4.99 Å². The molecule has 17 heavy (non-hydrogen) atoms. The Labute approximate surface area is 99.3 Å². The molecule has 5 heteroatoms. The van der Waals surface area contributed by atoms with E-state index in [1.165, 1.54) is 18.3 Å². The molecule has 1 aromatic carbocycles. The van der Waals surface area contributed by atoms with E-state index < -0.39 is 0 Å². The van der Waals surface area contributed by atoms with Gasteiger partial charge in [0.05, 0.1) is 12.8 Å². The SMILES string of the molecule is C=N/C=C(\N=C)OCCc1cc(N)ccc1F. The van der Waals surface area contributed by atoms with Gasteiger partial charge in [0.2, 0.25) is 5.88 Å². The van der Waals surface area contributed by atoms with Crippen molar-refractivity contribution in [2.75, 3.05) is 12.3 Å². The first-order valence-corrected chi connectivity index (χ1v) is 4.96. The second-order valence-corrected chi connectivity index (χ2v) is 3.26. The molecule has 0 radical (unpaired) electrons. The molecule has 0 amide bonds. The van der Waals surface area contributed by atoms with Gasteiger partial charge in [-0.25, -0.2) is 9.38 Å². The standard InChI is InChI=1S/C12H14FN3O/c1-15-8-12(16-2)17-6-5-9-7-10(14)3-4-11(9)13/h3-4,7-8H,1-2,5-6,14H2/b12-8+. The van der Waals surface area contributed by atoms with Crippen LogP contribution < -0.4 is 5.73 Å². The Bertz CT molecular complexity index is 443. The number of anilines is 1. The van der Waals surface area contributed by atoms with E-state index in [1.807, 2.05) is 0 Å². The molecule has 0 aliphatic heterocycles. The molecule has 0 heterocycles. The summed E-state index contributed by atoms with van der Waals surface area (Å²) in [5.74, 6) is -0.0500. The van der Waals surface area contributed by atoms with Crippen molar-refractivity contribution in [3.05, 3.63) is 41.7 Å². The van der Waals surface area contributed by atoms with Gasteiger partial charge in [0.1, 0.15) is 5.82 Å². The van der Waals surface area contributed by atoms with E-state index in [4.69, 9.17) is 10.5 Å². The molecule has 1 rings (SSSR count). The molecule has 0 saturated carbocycles. The van der Waals surface area contributed by atoms with Crippen LogP contribution in [0.4, 0.5) is 10.1 Å². The topological polar surface area (TPSA) is 60.0 Å². The van der Waals surface area contributed by atoms with Crippen LogP contribution in [0.25, 0.3) is 0 Å². The van der Waals surface area contributed by atoms with E-state index in [0.717, 1.165) is 0 Å². The molecule has 0 fully saturated rings. The van der Waals surface area contributed by atoms with Crippen LogP contribution in [-0.4, -0.2) is 20.0 Å². The van der Waals surface area contributed by atoms with E-state index in [2.05, 4.69) is 23.4 Å². The minimum absolute atomic E-state index is 0.254. The average Bonchev–Trinajstić information content (AvgIpc) is 2.32. The highest BCUT2D eigenvalue weighted by Gasteiger charge is 2.03. The Morgan fingerprint density at radius 1 is 1.47 bits per heavy atom. The fourth-order valence-electron chi connectivity index (χ4n) is 1.25. The third-order valence-electron chi connectivity index (χ3n) is 2.05. The lowest BCUT2D eigenvalue weighted by molar-refractivity contribution is 0.212. The summed E-state index contributed by atoms with van der Waals surface area (Å²) in [7, 11) is 0. The lowest BCUT2D eigenvalue weighted by atomic mass is 10.1. The van der Waals surface area contributed by atoms with Gasteiger partial charge in [-0.15, -0.1) is 0 Å². The zero-order valence-electron chi connectivity index (χ0n) is 9.40. The molecule has 4 nitrogen and oxygen atoms in total. The van der Waals surface area contributed by atoms with Gasteiger partial charge in [0.15, 0.2) is 0 Å². The van der Waals surface area contributed by atoms with Crippen molar-refractivity contribution in [3.8, 4) is 0 Å². The maximum absolute atomic E-state index is 13.3. The van der Waals surface area contributed by atoms with Crippen LogP contribution in [0.1, 0.15) is 5.56 Å². The van der Waals surface area contributed by atoms with Crippen molar-refractivity contribution < 1.29 is 9.13 Å². The zero-order valence-corrected chi connectivity index (χ0v) is 9.40. The highest BCUT2D eigenvalue weighted by molar-refractivity contribution is 5.41. The fraction of sp³-hybridized carbons (Fsp3) is 0.167. The molecule has 0 unspecified atom stereocenters. The number of rotatable bonds is 6. The number of hydrogen-bond acceptors (Lipinski definition) is 4. The molecule has 0 saturated heterocycles. The summed E-state index contributed by atoms with van der Waals surface area (Å²) in [6.45, 7) is 6.85. The van der Waals surface area contributed by atoms with Crippen molar-refractivity contribution in [2.45, 2.75) is 6.42 Å². The molecule has 0 atom stereocenters. The van der Waals surface area contributed by atoms with Crippen molar-refractivity contribution in [3.63, 3.8) is 0 Å². The largest absolute Gasteiger partial charge is 0.476 e. The van der Waals surface area contributed by atoms with Crippen LogP contribution in [0.5, 0.6) is 0 Å². The van der Waals surface area contributed by atoms with Gasteiger partial charge in [-0.2, -0.15) is 0 Å². The van der Waals surface area contributed by atoms with Gasteiger partial charge in [0, 0.05) is 12.1 Å². The number of benzene rings is 1. The van der Waals surface area contributed by atoms with Crippen molar-refractivity contribution in [2.24, 2.45) is 9.98 Å². The number of nitrogen functional groups attached to an aromatic ring is 1. The Morgan fingerprint density at radius 2 is 2.24 bits per heavy atom. The summed E-state index contributed by atoms with van der Waals surface area (Å²) in [6.07, 6.45) is 1.73. The van der Waals surface area contributed by atoms with Crippen molar-refractivity contribution >= 4 is 19.1 Å². The minimum Gasteiger partial charge on any atom is -0.476 e. The van der Waals surface area contributed by atoms with Crippen LogP contribution in [0.15, 0.2) is 40.3 Å². The molecule has 0 aromatic heterocycles. The van der Waals surface area contributed by atoms with Crippen LogP contribution >= 0.6 is 0 Å². The fourth-order valence-corrected chi connectivity index (χ4v) is 1.25. The summed E-state index contributed by atoms with van der Waals surface area (Å²) in [5, 5.41) is 0. The molecule has 0 aliphatic carbocycles. The Hall–Kier alpha value is -2.17. The highest BCUT2D eigenvalue weighted by Crippen LogP contribution is 2.13. The van der Waals surface area contributed by atoms with Gasteiger partial charge in [-0.1, -0.05) is 0 Å². The van der Waals surface area contributed by atoms with Gasteiger partial charge in [-0.05, 0) is 37.2 Å². The molecular formula is C12H14FN3O. The van der Waals surface area contributed by atoms with Crippen LogP contribution in [0.2, 0.25) is 0 Å². The lowest BCUT2D eigenvalue weighted by Crippen LogP contribution is -2.01. The number of aliphatic imine (C=N–C) groups is 2. The van der Waals surface area contributed by atoms with Crippen LogP contribution in [0.3, 0.4) is 0 Å². The molecule has 1 aromatic rings.